The van der Waals surface area contributed by atoms with Crippen LogP contribution >= 0.6 is 0 Å². The van der Waals surface area contributed by atoms with Crippen LogP contribution in [0.2, 0.25) is 0 Å². The van der Waals surface area contributed by atoms with Crippen LogP contribution in [0.5, 0.6) is 0 Å². The lowest BCUT2D eigenvalue weighted by Gasteiger charge is -2.41. The van der Waals surface area contributed by atoms with Crippen molar-refractivity contribution < 1.29 is 0 Å². The Morgan fingerprint density at radius 1 is 0.905 bits per heavy atom. The minimum absolute atomic E-state index is 0.775. The molecule has 3 fully saturated rings. The first-order valence-electron chi connectivity index (χ1n) is 9.82. The number of piperidine rings is 1. The van der Waals surface area contributed by atoms with Crippen molar-refractivity contribution >= 4 is 0 Å². The minimum atomic E-state index is 0.775. The molecule has 0 spiro atoms. The van der Waals surface area contributed by atoms with Crippen LogP contribution in [0.15, 0.2) is 0 Å². The maximum absolute atomic E-state index is 3.96. The van der Waals surface area contributed by atoms with Crippen LogP contribution in [-0.4, -0.2) is 36.6 Å². The lowest BCUT2D eigenvalue weighted by atomic mass is 9.89. The van der Waals surface area contributed by atoms with E-state index in [0.29, 0.717) is 0 Å². The molecule has 0 bridgehead atoms. The molecule has 0 radical (unpaired) electrons. The largest absolute Gasteiger partial charge is 0.312 e. The van der Waals surface area contributed by atoms with E-state index in [4.69, 9.17) is 0 Å². The van der Waals surface area contributed by atoms with Crippen LogP contribution in [0.1, 0.15) is 77.6 Å². The van der Waals surface area contributed by atoms with Gasteiger partial charge < -0.3 is 5.32 Å². The van der Waals surface area contributed by atoms with Crippen molar-refractivity contribution in [2.24, 2.45) is 11.8 Å². The highest BCUT2D eigenvalue weighted by Gasteiger charge is 2.32. The number of rotatable bonds is 6. The Morgan fingerprint density at radius 3 is 2.33 bits per heavy atom. The zero-order chi connectivity index (χ0) is 14.5. The van der Waals surface area contributed by atoms with Gasteiger partial charge in [0, 0.05) is 25.2 Å². The van der Waals surface area contributed by atoms with Gasteiger partial charge in [0.25, 0.3) is 0 Å². The van der Waals surface area contributed by atoms with Gasteiger partial charge in [-0.1, -0.05) is 39.0 Å². The predicted octanol–water partition coefficient (Wildman–Crippen LogP) is 4.20. The molecule has 1 aliphatic heterocycles. The Hall–Kier alpha value is -0.0800. The third-order valence-corrected chi connectivity index (χ3v) is 6.27. The molecular formula is C19H36N2. The fourth-order valence-electron chi connectivity index (χ4n) is 5.12. The molecule has 0 aromatic heterocycles. The number of hydrogen-bond donors (Lipinski definition) is 1. The van der Waals surface area contributed by atoms with E-state index >= 15 is 0 Å². The molecule has 2 saturated carbocycles. The molecule has 3 aliphatic rings. The summed E-state index contributed by atoms with van der Waals surface area (Å²) in [6.07, 6.45) is 16.0. The van der Waals surface area contributed by atoms with Gasteiger partial charge in [0.15, 0.2) is 0 Å². The molecule has 0 amide bonds. The molecule has 3 rings (SSSR count). The van der Waals surface area contributed by atoms with E-state index in [9.17, 15) is 0 Å². The van der Waals surface area contributed by atoms with Crippen molar-refractivity contribution in [3.63, 3.8) is 0 Å². The molecule has 2 unspecified atom stereocenters. The normalized spacial score (nSPS) is 33.0. The van der Waals surface area contributed by atoms with Crippen LogP contribution in [0.3, 0.4) is 0 Å². The van der Waals surface area contributed by atoms with Crippen LogP contribution in [0, 0.1) is 11.8 Å². The average Bonchev–Trinajstić information content (AvgIpc) is 3.19. The van der Waals surface area contributed by atoms with E-state index in [0.717, 1.165) is 23.9 Å². The Morgan fingerprint density at radius 2 is 1.62 bits per heavy atom. The second-order valence-corrected chi connectivity index (χ2v) is 8.04. The summed E-state index contributed by atoms with van der Waals surface area (Å²) in [5.41, 5.74) is 0. The fraction of sp³-hybridized carbons (Fsp3) is 1.00. The molecule has 0 aromatic rings. The Kier molecular flexibility index (Phi) is 5.99. The molecule has 2 atom stereocenters. The van der Waals surface area contributed by atoms with E-state index in [-0.39, 0.29) is 0 Å². The zero-order valence-electron chi connectivity index (χ0n) is 14.2. The smallest absolute Gasteiger partial charge is 0.0198 e. The van der Waals surface area contributed by atoms with E-state index in [1.165, 1.54) is 90.3 Å². The SMILES string of the molecule is CCCC1CC(NCC2CCCC2)CN(C2CCCC2)C1. The topological polar surface area (TPSA) is 15.3 Å². The molecule has 2 heteroatoms. The summed E-state index contributed by atoms with van der Waals surface area (Å²) in [5, 5.41) is 3.96. The van der Waals surface area contributed by atoms with Crippen molar-refractivity contribution in [3.8, 4) is 0 Å². The van der Waals surface area contributed by atoms with E-state index in [1.807, 2.05) is 0 Å². The monoisotopic (exact) mass is 292 g/mol. The van der Waals surface area contributed by atoms with Gasteiger partial charge in [-0.15, -0.1) is 0 Å². The zero-order valence-corrected chi connectivity index (χ0v) is 14.2. The molecule has 1 saturated heterocycles. The van der Waals surface area contributed by atoms with Gasteiger partial charge in [0.1, 0.15) is 0 Å². The van der Waals surface area contributed by atoms with Gasteiger partial charge in [0.05, 0.1) is 0 Å². The molecule has 1 heterocycles. The van der Waals surface area contributed by atoms with Crippen molar-refractivity contribution in [2.45, 2.75) is 89.6 Å². The number of hydrogen-bond acceptors (Lipinski definition) is 2. The molecular weight excluding hydrogens is 256 g/mol. The van der Waals surface area contributed by atoms with Crippen molar-refractivity contribution in [2.75, 3.05) is 19.6 Å². The molecule has 2 aliphatic carbocycles. The highest BCUT2D eigenvalue weighted by molar-refractivity contribution is 4.89. The van der Waals surface area contributed by atoms with Crippen LogP contribution < -0.4 is 5.32 Å². The van der Waals surface area contributed by atoms with Gasteiger partial charge >= 0.3 is 0 Å². The van der Waals surface area contributed by atoms with Gasteiger partial charge in [0.2, 0.25) is 0 Å². The van der Waals surface area contributed by atoms with Gasteiger partial charge in [-0.05, 0) is 56.9 Å². The quantitative estimate of drug-likeness (QED) is 0.789. The second kappa shape index (κ2) is 7.97. The Labute approximate surface area is 132 Å². The highest BCUT2D eigenvalue weighted by Crippen LogP contribution is 2.30. The molecule has 21 heavy (non-hydrogen) atoms. The average molecular weight is 293 g/mol. The number of nitrogens with zero attached hydrogens (tertiary/aromatic N) is 1. The molecule has 0 aromatic carbocycles. The van der Waals surface area contributed by atoms with Gasteiger partial charge in [-0.2, -0.15) is 0 Å². The third-order valence-electron chi connectivity index (χ3n) is 6.27. The Bertz CT molecular complexity index is 292. The summed E-state index contributed by atoms with van der Waals surface area (Å²) in [6.45, 7) is 6.37. The first-order valence-corrected chi connectivity index (χ1v) is 9.82. The Balaban J connectivity index is 1.51. The maximum atomic E-state index is 3.96. The summed E-state index contributed by atoms with van der Waals surface area (Å²) >= 11 is 0. The van der Waals surface area contributed by atoms with Crippen molar-refractivity contribution in [3.05, 3.63) is 0 Å². The standard InChI is InChI=1S/C19H36N2/c1-2-7-17-12-18(20-13-16-8-3-4-9-16)15-21(14-17)19-10-5-6-11-19/h16-20H,2-15H2,1H3. The summed E-state index contributed by atoms with van der Waals surface area (Å²) in [7, 11) is 0. The number of likely N-dealkylation sites (tertiary alicyclic amines) is 1. The first-order chi connectivity index (χ1) is 10.3. The lowest BCUT2D eigenvalue weighted by molar-refractivity contribution is 0.0935. The van der Waals surface area contributed by atoms with Crippen LogP contribution in [-0.2, 0) is 0 Å². The first kappa shape index (κ1) is 15.8. The van der Waals surface area contributed by atoms with Gasteiger partial charge in [-0.3, -0.25) is 4.90 Å². The van der Waals surface area contributed by atoms with E-state index in [2.05, 4.69) is 17.1 Å². The van der Waals surface area contributed by atoms with Gasteiger partial charge in [-0.25, -0.2) is 0 Å². The molecule has 1 N–H and O–H groups in total. The molecule has 2 nitrogen and oxygen atoms in total. The van der Waals surface area contributed by atoms with Crippen molar-refractivity contribution in [1.82, 2.24) is 10.2 Å². The lowest BCUT2D eigenvalue weighted by Crippen LogP contribution is -2.52. The maximum Gasteiger partial charge on any atom is 0.0198 e. The van der Waals surface area contributed by atoms with Crippen LogP contribution in [0.4, 0.5) is 0 Å². The third kappa shape index (κ3) is 4.45. The summed E-state index contributed by atoms with van der Waals surface area (Å²) in [4.78, 5) is 2.86. The summed E-state index contributed by atoms with van der Waals surface area (Å²) in [6, 6.07) is 1.69. The van der Waals surface area contributed by atoms with Crippen molar-refractivity contribution in [1.29, 1.82) is 0 Å². The van der Waals surface area contributed by atoms with Crippen LogP contribution in [0.25, 0.3) is 0 Å². The molecule has 122 valence electrons. The summed E-state index contributed by atoms with van der Waals surface area (Å²) in [5.74, 6) is 1.93. The second-order valence-electron chi connectivity index (χ2n) is 8.04. The van der Waals surface area contributed by atoms with E-state index in [1.54, 1.807) is 0 Å². The summed E-state index contributed by atoms with van der Waals surface area (Å²) < 4.78 is 0. The highest BCUT2D eigenvalue weighted by atomic mass is 15.2. The number of nitrogens with one attached hydrogen (secondary N) is 1. The minimum Gasteiger partial charge on any atom is -0.312 e. The predicted molar refractivity (Wildman–Crippen MR) is 90.6 cm³/mol. The van der Waals surface area contributed by atoms with E-state index < -0.39 is 0 Å². The fourth-order valence-corrected chi connectivity index (χ4v) is 5.12.